The maximum absolute atomic E-state index is 11.9. The summed E-state index contributed by atoms with van der Waals surface area (Å²) in [7, 11) is 0. The molecule has 17 heavy (non-hydrogen) atoms. The molecule has 96 valence electrons. The first-order chi connectivity index (χ1) is 8.02. The summed E-state index contributed by atoms with van der Waals surface area (Å²) in [5, 5.41) is 3.12. The van der Waals surface area contributed by atoms with E-state index in [0.29, 0.717) is 17.3 Å². The van der Waals surface area contributed by atoms with Gasteiger partial charge in [0.1, 0.15) is 0 Å². The number of amides is 1. The van der Waals surface area contributed by atoms with E-state index in [1.807, 2.05) is 0 Å². The summed E-state index contributed by atoms with van der Waals surface area (Å²) in [6.07, 6.45) is 7.05. The molecule has 3 N–H and O–H groups in total. The van der Waals surface area contributed by atoms with Crippen LogP contribution in [-0.2, 0) is 4.79 Å². The second kappa shape index (κ2) is 4.92. The summed E-state index contributed by atoms with van der Waals surface area (Å²) >= 11 is 5.18. The molecule has 3 nitrogen and oxygen atoms in total. The van der Waals surface area contributed by atoms with Crippen LogP contribution in [0.4, 0.5) is 0 Å². The molecule has 0 unspecified atom stereocenters. The number of nitrogens with two attached hydrogens (primary N) is 1. The van der Waals surface area contributed by atoms with E-state index in [1.165, 1.54) is 12.8 Å². The van der Waals surface area contributed by atoms with Gasteiger partial charge in [-0.2, -0.15) is 0 Å². The fourth-order valence-corrected chi connectivity index (χ4v) is 2.85. The standard InChI is InChI=1S/C13H22N2OS/c1-9-4-6-13(7-5-9,12(14)17)15-11(16)8-10-2-3-10/h9-10H,2-8H2,1H3,(H2,14,17)(H,15,16). The van der Waals surface area contributed by atoms with Crippen molar-refractivity contribution < 1.29 is 4.79 Å². The van der Waals surface area contributed by atoms with Crippen LogP contribution in [0.2, 0.25) is 0 Å². The van der Waals surface area contributed by atoms with Crippen LogP contribution in [0.1, 0.15) is 51.9 Å². The molecule has 0 heterocycles. The Morgan fingerprint density at radius 1 is 1.35 bits per heavy atom. The monoisotopic (exact) mass is 254 g/mol. The van der Waals surface area contributed by atoms with E-state index < -0.39 is 5.54 Å². The molecule has 0 atom stereocenters. The summed E-state index contributed by atoms with van der Waals surface area (Å²) in [5.74, 6) is 1.47. The van der Waals surface area contributed by atoms with Gasteiger partial charge in [-0.25, -0.2) is 0 Å². The second-order valence-corrected chi connectivity index (χ2v) is 6.26. The molecular weight excluding hydrogens is 232 g/mol. The van der Waals surface area contributed by atoms with Crippen molar-refractivity contribution in [2.45, 2.75) is 57.4 Å². The number of hydrogen-bond acceptors (Lipinski definition) is 2. The molecule has 0 radical (unpaired) electrons. The van der Waals surface area contributed by atoms with Crippen LogP contribution in [0.3, 0.4) is 0 Å². The van der Waals surface area contributed by atoms with E-state index in [2.05, 4.69) is 12.2 Å². The largest absolute Gasteiger partial charge is 0.391 e. The highest BCUT2D eigenvalue weighted by Gasteiger charge is 2.39. The minimum Gasteiger partial charge on any atom is -0.391 e. The summed E-state index contributed by atoms with van der Waals surface area (Å²) in [5.41, 5.74) is 5.46. The number of nitrogens with one attached hydrogen (secondary N) is 1. The molecule has 0 aliphatic heterocycles. The Hall–Kier alpha value is -0.640. The van der Waals surface area contributed by atoms with Gasteiger partial charge in [0.2, 0.25) is 5.91 Å². The predicted molar refractivity (Wildman–Crippen MR) is 72.6 cm³/mol. The van der Waals surface area contributed by atoms with Gasteiger partial charge in [-0.3, -0.25) is 4.79 Å². The third-order valence-corrected chi connectivity index (χ3v) is 4.54. The summed E-state index contributed by atoms with van der Waals surface area (Å²) < 4.78 is 0. The lowest BCUT2D eigenvalue weighted by Gasteiger charge is -2.39. The van der Waals surface area contributed by atoms with Gasteiger partial charge in [-0.15, -0.1) is 0 Å². The van der Waals surface area contributed by atoms with Crippen LogP contribution in [0.25, 0.3) is 0 Å². The van der Waals surface area contributed by atoms with Crippen LogP contribution in [-0.4, -0.2) is 16.4 Å². The first-order valence-electron chi connectivity index (χ1n) is 6.63. The fraction of sp³-hybridized carbons (Fsp3) is 0.846. The zero-order valence-corrected chi connectivity index (χ0v) is 11.3. The maximum Gasteiger partial charge on any atom is 0.221 e. The van der Waals surface area contributed by atoms with E-state index in [4.69, 9.17) is 18.0 Å². The van der Waals surface area contributed by atoms with Gasteiger partial charge in [-0.05, 0) is 50.4 Å². The third-order valence-electron chi connectivity index (χ3n) is 4.15. The molecule has 0 saturated heterocycles. The van der Waals surface area contributed by atoms with Gasteiger partial charge < -0.3 is 11.1 Å². The van der Waals surface area contributed by atoms with E-state index in [0.717, 1.165) is 31.6 Å². The molecule has 0 spiro atoms. The van der Waals surface area contributed by atoms with Crippen molar-refractivity contribution in [2.75, 3.05) is 0 Å². The SMILES string of the molecule is CC1CCC(NC(=O)CC2CC2)(C(N)=S)CC1. The van der Waals surface area contributed by atoms with E-state index in [9.17, 15) is 4.79 Å². The van der Waals surface area contributed by atoms with Crippen molar-refractivity contribution in [3.8, 4) is 0 Å². The molecule has 0 aromatic rings. The fourth-order valence-electron chi connectivity index (χ4n) is 2.59. The lowest BCUT2D eigenvalue weighted by atomic mass is 9.77. The van der Waals surface area contributed by atoms with Gasteiger partial charge in [-0.1, -0.05) is 19.1 Å². The van der Waals surface area contributed by atoms with Crippen molar-refractivity contribution >= 4 is 23.1 Å². The van der Waals surface area contributed by atoms with Crippen LogP contribution in [0.15, 0.2) is 0 Å². The van der Waals surface area contributed by atoms with E-state index in [1.54, 1.807) is 0 Å². The Bertz CT molecular complexity index is 317. The maximum atomic E-state index is 11.9. The Morgan fingerprint density at radius 2 is 1.94 bits per heavy atom. The average Bonchev–Trinajstić information content (AvgIpc) is 3.05. The minimum atomic E-state index is -0.395. The number of carbonyl (C=O) groups excluding carboxylic acids is 1. The highest BCUT2D eigenvalue weighted by Crippen LogP contribution is 2.35. The molecular formula is C13H22N2OS. The van der Waals surface area contributed by atoms with Gasteiger partial charge in [0.05, 0.1) is 10.5 Å². The van der Waals surface area contributed by atoms with Crippen molar-refractivity contribution in [1.29, 1.82) is 0 Å². The molecule has 2 aliphatic carbocycles. The zero-order valence-electron chi connectivity index (χ0n) is 10.5. The second-order valence-electron chi connectivity index (χ2n) is 5.82. The lowest BCUT2D eigenvalue weighted by Crippen LogP contribution is -2.58. The Kier molecular flexibility index (Phi) is 3.71. The van der Waals surface area contributed by atoms with Gasteiger partial charge >= 0.3 is 0 Å². The van der Waals surface area contributed by atoms with Crippen molar-refractivity contribution in [3.05, 3.63) is 0 Å². The Labute approximate surface area is 109 Å². The van der Waals surface area contributed by atoms with Gasteiger partial charge in [0.25, 0.3) is 0 Å². The molecule has 0 aromatic carbocycles. The number of hydrogen-bond donors (Lipinski definition) is 2. The van der Waals surface area contributed by atoms with E-state index in [-0.39, 0.29) is 5.91 Å². The molecule has 0 aromatic heterocycles. The smallest absolute Gasteiger partial charge is 0.221 e. The predicted octanol–water partition coefficient (Wildman–Crippen LogP) is 2.14. The highest BCUT2D eigenvalue weighted by atomic mass is 32.1. The summed E-state index contributed by atoms with van der Waals surface area (Å²) in [4.78, 5) is 12.4. The van der Waals surface area contributed by atoms with E-state index >= 15 is 0 Å². The minimum absolute atomic E-state index is 0.134. The normalized spacial score (nSPS) is 33.1. The number of rotatable bonds is 4. The molecule has 2 saturated carbocycles. The van der Waals surface area contributed by atoms with Crippen LogP contribution in [0, 0.1) is 11.8 Å². The first kappa shape index (κ1) is 12.8. The van der Waals surface area contributed by atoms with Crippen LogP contribution < -0.4 is 11.1 Å². The molecule has 0 bridgehead atoms. The zero-order chi connectivity index (χ0) is 12.5. The number of thiocarbonyl (C=S) groups is 1. The van der Waals surface area contributed by atoms with Gasteiger partial charge in [0.15, 0.2) is 0 Å². The van der Waals surface area contributed by atoms with Crippen LogP contribution in [0.5, 0.6) is 0 Å². The Morgan fingerprint density at radius 3 is 2.41 bits per heavy atom. The topological polar surface area (TPSA) is 55.1 Å². The third kappa shape index (κ3) is 3.18. The molecule has 1 amide bonds. The lowest BCUT2D eigenvalue weighted by molar-refractivity contribution is -0.123. The average molecular weight is 254 g/mol. The molecule has 2 fully saturated rings. The number of carbonyl (C=O) groups is 1. The van der Waals surface area contributed by atoms with Crippen molar-refractivity contribution in [1.82, 2.24) is 5.32 Å². The molecule has 4 heteroatoms. The molecule has 2 aliphatic rings. The molecule has 2 rings (SSSR count). The van der Waals surface area contributed by atoms with Crippen molar-refractivity contribution in [2.24, 2.45) is 17.6 Å². The van der Waals surface area contributed by atoms with Crippen molar-refractivity contribution in [3.63, 3.8) is 0 Å². The first-order valence-corrected chi connectivity index (χ1v) is 7.03. The van der Waals surface area contributed by atoms with Crippen LogP contribution >= 0.6 is 12.2 Å². The Balaban J connectivity index is 1.95. The quantitative estimate of drug-likeness (QED) is 0.756. The highest BCUT2D eigenvalue weighted by molar-refractivity contribution is 7.80. The summed E-state index contributed by atoms with van der Waals surface area (Å²) in [6.45, 7) is 2.25. The van der Waals surface area contributed by atoms with Gasteiger partial charge in [0, 0.05) is 6.42 Å². The summed E-state index contributed by atoms with van der Waals surface area (Å²) in [6, 6.07) is 0.